The zero-order valence-corrected chi connectivity index (χ0v) is 20.7. The topological polar surface area (TPSA) is 108 Å². The van der Waals surface area contributed by atoms with Crippen molar-refractivity contribution in [2.45, 2.75) is 75.8 Å². The van der Waals surface area contributed by atoms with Gasteiger partial charge in [0.25, 0.3) is 0 Å². The first-order chi connectivity index (χ1) is 17.7. The van der Waals surface area contributed by atoms with Crippen LogP contribution >= 0.6 is 0 Å². The fraction of sp³-hybridized carbons (Fsp3) is 0.500. The number of benzene rings is 1. The van der Waals surface area contributed by atoms with Crippen LogP contribution in [0.4, 0.5) is 11.6 Å². The van der Waals surface area contributed by atoms with Gasteiger partial charge >= 0.3 is 0 Å². The Morgan fingerprint density at radius 2 is 1.81 bits per heavy atom. The summed E-state index contributed by atoms with van der Waals surface area (Å²) < 4.78 is 0. The van der Waals surface area contributed by atoms with Gasteiger partial charge in [-0.25, -0.2) is 9.97 Å². The number of carbonyl (C=O) groups is 1. The monoisotopic (exact) mass is 485 g/mol. The van der Waals surface area contributed by atoms with Gasteiger partial charge in [0.2, 0.25) is 5.91 Å². The van der Waals surface area contributed by atoms with Crippen LogP contribution in [0, 0.1) is 5.92 Å². The Bertz CT molecular complexity index is 1190. The molecule has 0 saturated heterocycles. The fourth-order valence-corrected chi connectivity index (χ4v) is 5.78. The van der Waals surface area contributed by atoms with Gasteiger partial charge in [-0.3, -0.25) is 15.2 Å². The van der Waals surface area contributed by atoms with Gasteiger partial charge in [-0.05, 0) is 61.6 Å². The number of rotatable bonds is 9. The smallest absolute Gasteiger partial charge is 0.240 e. The van der Waals surface area contributed by atoms with Crippen molar-refractivity contribution < 1.29 is 4.79 Å². The molecule has 8 nitrogen and oxygen atoms in total. The molecule has 0 atom stereocenters. The van der Waals surface area contributed by atoms with Crippen LogP contribution in [-0.4, -0.2) is 38.2 Å². The van der Waals surface area contributed by atoms with Crippen molar-refractivity contribution >= 4 is 17.5 Å². The summed E-state index contributed by atoms with van der Waals surface area (Å²) in [4.78, 5) is 22.6. The SMILES string of the molecule is O=C(NCC1Cc2ccccc2C1)C1(NCc2nccc(Nc3cc(C4CC4)[nH]n3)n2)CCCCC1. The highest BCUT2D eigenvalue weighted by Crippen LogP contribution is 2.39. The average Bonchev–Trinajstić information content (AvgIpc) is 3.51. The van der Waals surface area contributed by atoms with Crippen molar-refractivity contribution in [3.63, 3.8) is 0 Å². The number of aromatic nitrogens is 4. The maximum Gasteiger partial charge on any atom is 0.240 e. The first kappa shape index (κ1) is 23.2. The maximum atomic E-state index is 13.5. The standard InChI is InChI=1S/C28H35N7O/c36-27(30-17-19-14-21-6-2-3-7-22(21)15-19)28(11-4-1-5-12-28)31-18-26-29-13-10-24(33-26)32-25-16-23(34-35-25)20-8-9-20/h2-3,6-7,10,13,16,19-20,31H,1,4-5,8-9,11-12,14-15,17-18H2,(H,30,36)(H2,29,32,33,34,35). The second-order valence-electron chi connectivity index (χ2n) is 10.7. The second kappa shape index (κ2) is 10.0. The van der Waals surface area contributed by atoms with Crippen LogP contribution in [0.5, 0.6) is 0 Å². The van der Waals surface area contributed by atoms with E-state index in [0.29, 0.717) is 30.0 Å². The molecule has 0 bridgehead atoms. The lowest BCUT2D eigenvalue weighted by Gasteiger charge is -2.37. The molecule has 1 aromatic carbocycles. The molecule has 2 fully saturated rings. The molecule has 3 aliphatic carbocycles. The molecule has 36 heavy (non-hydrogen) atoms. The number of H-pyrrole nitrogens is 1. The van der Waals surface area contributed by atoms with Gasteiger partial charge < -0.3 is 10.6 Å². The van der Waals surface area contributed by atoms with Crippen molar-refractivity contribution in [3.8, 4) is 0 Å². The van der Waals surface area contributed by atoms with Gasteiger partial charge in [-0.1, -0.05) is 43.5 Å². The third-order valence-electron chi connectivity index (χ3n) is 7.99. The highest BCUT2D eigenvalue weighted by molar-refractivity contribution is 5.86. The number of hydrogen-bond acceptors (Lipinski definition) is 6. The molecule has 8 heteroatoms. The molecule has 6 rings (SSSR count). The van der Waals surface area contributed by atoms with Gasteiger partial charge in [0.15, 0.2) is 5.82 Å². The number of nitrogens with one attached hydrogen (secondary N) is 4. The molecule has 1 amide bonds. The average molecular weight is 486 g/mol. The van der Waals surface area contributed by atoms with Crippen molar-refractivity contribution in [1.82, 2.24) is 30.8 Å². The minimum atomic E-state index is -0.558. The predicted molar refractivity (Wildman–Crippen MR) is 139 cm³/mol. The van der Waals surface area contributed by atoms with E-state index in [2.05, 4.69) is 66.4 Å². The molecule has 188 valence electrons. The largest absolute Gasteiger partial charge is 0.354 e. The number of anilines is 2. The Balaban J connectivity index is 1.07. The highest BCUT2D eigenvalue weighted by Gasteiger charge is 2.39. The molecule has 0 aliphatic heterocycles. The third kappa shape index (κ3) is 5.14. The first-order valence-corrected chi connectivity index (χ1v) is 13.4. The van der Waals surface area contributed by atoms with Gasteiger partial charge in [0, 0.05) is 30.4 Å². The minimum Gasteiger partial charge on any atom is -0.354 e. The van der Waals surface area contributed by atoms with E-state index in [4.69, 9.17) is 0 Å². The van der Waals surface area contributed by atoms with E-state index in [1.807, 2.05) is 6.07 Å². The number of carbonyl (C=O) groups excluding carboxylic acids is 1. The van der Waals surface area contributed by atoms with Crippen molar-refractivity contribution in [2.24, 2.45) is 5.92 Å². The fourth-order valence-electron chi connectivity index (χ4n) is 5.78. The Labute approximate surface area is 212 Å². The van der Waals surface area contributed by atoms with E-state index in [-0.39, 0.29) is 5.91 Å². The van der Waals surface area contributed by atoms with Gasteiger partial charge in [0.1, 0.15) is 11.6 Å². The van der Waals surface area contributed by atoms with E-state index in [1.54, 1.807) is 6.20 Å². The molecule has 0 spiro atoms. The summed E-state index contributed by atoms with van der Waals surface area (Å²) in [6, 6.07) is 12.5. The minimum absolute atomic E-state index is 0.122. The van der Waals surface area contributed by atoms with Crippen LogP contribution in [-0.2, 0) is 24.2 Å². The molecule has 4 N–H and O–H groups in total. The maximum absolute atomic E-state index is 13.5. The Morgan fingerprint density at radius 3 is 2.56 bits per heavy atom. The molecule has 0 unspecified atom stereocenters. The molecule has 2 aromatic heterocycles. The van der Waals surface area contributed by atoms with E-state index < -0.39 is 5.54 Å². The second-order valence-corrected chi connectivity index (χ2v) is 10.7. The molecule has 3 aliphatic rings. The number of amides is 1. The lowest BCUT2D eigenvalue weighted by atomic mass is 9.80. The third-order valence-corrected chi connectivity index (χ3v) is 7.99. The Morgan fingerprint density at radius 1 is 1.03 bits per heavy atom. The number of nitrogens with zero attached hydrogens (tertiary/aromatic N) is 3. The summed E-state index contributed by atoms with van der Waals surface area (Å²) in [5, 5.41) is 17.6. The van der Waals surface area contributed by atoms with E-state index in [0.717, 1.165) is 50.9 Å². The predicted octanol–water partition coefficient (Wildman–Crippen LogP) is 4.14. The van der Waals surface area contributed by atoms with Crippen LogP contribution in [0.3, 0.4) is 0 Å². The zero-order chi connectivity index (χ0) is 24.4. The Hall–Kier alpha value is -3.26. The first-order valence-electron chi connectivity index (χ1n) is 13.4. The van der Waals surface area contributed by atoms with Crippen LogP contribution in [0.2, 0.25) is 0 Å². The molecule has 0 radical (unpaired) electrons. The van der Waals surface area contributed by atoms with Crippen molar-refractivity contribution in [3.05, 3.63) is 65.2 Å². The highest BCUT2D eigenvalue weighted by atomic mass is 16.2. The van der Waals surface area contributed by atoms with Crippen molar-refractivity contribution in [2.75, 3.05) is 11.9 Å². The summed E-state index contributed by atoms with van der Waals surface area (Å²) in [5.41, 5.74) is 3.47. The molecular formula is C28H35N7O. The number of fused-ring (bicyclic) bond motifs is 1. The van der Waals surface area contributed by atoms with Gasteiger partial charge in [0.05, 0.1) is 12.1 Å². The van der Waals surface area contributed by atoms with Gasteiger partial charge in [-0.2, -0.15) is 5.10 Å². The van der Waals surface area contributed by atoms with Gasteiger partial charge in [-0.15, -0.1) is 0 Å². The zero-order valence-electron chi connectivity index (χ0n) is 20.7. The molecule has 2 saturated carbocycles. The molecule has 2 heterocycles. The van der Waals surface area contributed by atoms with Crippen LogP contribution in [0.1, 0.15) is 73.5 Å². The quantitative estimate of drug-likeness (QED) is 0.363. The summed E-state index contributed by atoms with van der Waals surface area (Å²) in [7, 11) is 0. The Kier molecular flexibility index (Phi) is 6.44. The van der Waals surface area contributed by atoms with Crippen LogP contribution in [0.15, 0.2) is 42.6 Å². The van der Waals surface area contributed by atoms with Crippen molar-refractivity contribution in [1.29, 1.82) is 0 Å². The van der Waals surface area contributed by atoms with Crippen LogP contribution in [0.25, 0.3) is 0 Å². The summed E-state index contributed by atoms with van der Waals surface area (Å²) in [6.45, 7) is 1.17. The van der Waals surface area contributed by atoms with E-state index in [9.17, 15) is 4.79 Å². The lowest BCUT2D eigenvalue weighted by Crippen LogP contribution is -2.58. The number of aromatic amines is 1. The molecule has 3 aromatic rings. The summed E-state index contributed by atoms with van der Waals surface area (Å²) >= 11 is 0. The van der Waals surface area contributed by atoms with E-state index >= 15 is 0 Å². The normalized spacial score (nSPS) is 19.1. The number of hydrogen-bond donors (Lipinski definition) is 4. The molecular weight excluding hydrogens is 450 g/mol. The summed E-state index contributed by atoms with van der Waals surface area (Å²) in [6.07, 6.45) is 11.3. The lowest BCUT2D eigenvalue weighted by molar-refractivity contribution is -0.129. The summed E-state index contributed by atoms with van der Waals surface area (Å²) in [5.74, 6) is 3.37. The van der Waals surface area contributed by atoms with E-state index in [1.165, 1.54) is 36.1 Å². The van der Waals surface area contributed by atoms with Crippen LogP contribution < -0.4 is 16.0 Å².